The number of hydrogen-bond donors (Lipinski definition) is 0. The van der Waals surface area contributed by atoms with E-state index in [1.807, 2.05) is 43.3 Å². The quantitative estimate of drug-likeness (QED) is 0.606. The summed E-state index contributed by atoms with van der Waals surface area (Å²) in [7, 11) is 0. The highest BCUT2D eigenvalue weighted by molar-refractivity contribution is 6.30. The molecule has 3 aromatic rings. The van der Waals surface area contributed by atoms with Crippen LogP contribution < -0.4 is 10.4 Å². The van der Waals surface area contributed by atoms with E-state index < -0.39 is 0 Å². The van der Waals surface area contributed by atoms with E-state index in [9.17, 15) is 4.79 Å². The summed E-state index contributed by atoms with van der Waals surface area (Å²) in [5, 5.41) is 1.75. The second kappa shape index (κ2) is 6.57. The van der Waals surface area contributed by atoms with Crippen LogP contribution in [0.25, 0.3) is 11.0 Å². The van der Waals surface area contributed by atoms with Gasteiger partial charge in [0.25, 0.3) is 0 Å². The SMILES string of the molecule is Cc1c(OCc2ccc(Cl)cc2)ccc2c3c(c(=O)oc12)CCCC3. The van der Waals surface area contributed by atoms with E-state index in [-0.39, 0.29) is 5.63 Å². The van der Waals surface area contributed by atoms with Gasteiger partial charge in [-0.05, 0) is 68.0 Å². The Morgan fingerprint density at radius 2 is 1.76 bits per heavy atom. The van der Waals surface area contributed by atoms with Gasteiger partial charge in [0.15, 0.2) is 0 Å². The topological polar surface area (TPSA) is 39.4 Å². The Hall–Kier alpha value is -2.26. The molecule has 0 N–H and O–H groups in total. The highest BCUT2D eigenvalue weighted by atomic mass is 35.5. The number of fused-ring (bicyclic) bond motifs is 3. The van der Waals surface area contributed by atoms with Crippen LogP contribution in [0.3, 0.4) is 0 Å². The molecule has 0 amide bonds. The molecule has 128 valence electrons. The third-order valence-electron chi connectivity index (χ3n) is 4.90. The Morgan fingerprint density at radius 3 is 2.52 bits per heavy atom. The van der Waals surface area contributed by atoms with Crippen molar-refractivity contribution in [2.24, 2.45) is 0 Å². The fourth-order valence-corrected chi connectivity index (χ4v) is 3.65. The minimum absolute atomic E-state index is 0.194. The molecular weight excluding hydrogens is 336 g/mol. The summed E-state index contributed by atoms with van der Waals surface area (Å²) >= 11 is 5.91. The van der Waals surface area contributed by atoms with Crippen molar-refractivity contribution < 1.29 is 9.15 Å². The van der Waals surface area contributed by atoms with Crippen molar-refractivity contribution >= 4 is 22.6 Å². The molecule has 1 aromatic heterocycles. The molecule has 1 aliphatic carbocycles. The second-order valence-corrected chi connectivity index (χ2v) is 6.97. The van der Waals surface area contributed by atoms with Gasteiger partial charge in [-0.1, -0.05) is 23.7 Å². The third-order valence-corrected chi connectivity index (χ3v) is 5.15. The van der Waals surface area contributed by atoms with Gasteiger partial charge in [-0.2, -0.15) is 0 Å². The maximum atomic E-state index is 12.3. The largest absolute Gasteiger partial charge is 0.488 e. The smallest absolute Gasteiger partial charge is 0.339 e. The van der Waals surface area contributed by atoms with Crippen LogP contribution in [0.2, 0.25) is 5.02 Å². The maximum absolute atomic E-state index is 12.3. The molecule has 0 spiro atoms. The van der Waals surface area contributed by atoms with Crippen LogP contribution in [0.1, 0.15) is 35.1 Å². The summed E-state index contributed by atoms with van der Waals surface area (Å²) in [6.07, 6.45) is 3.95. The first-order chi connectivity index (χ1) is 12.1. The van der Waals surface area contributed by atoms with E-state index in [2.05, 4.69) is 0 Å². The van der Waals surface area contributed by atoms with Crippen molar-refractivity contribution in [3.63, 3.8) is 0 Å². The molecule has 0 bridgehead atoms. The van der Waals surface area contributed by atoms with Crippen LogP contribution >= 0.6 is 11.6 Å². The summed E-state index contributed by atoms with van der Waals surface area (Å²) in [6.45, 7) is 2.39. The molecule has 4 rings (SSSR count). The van der Waals surface area contributed by atoms with E-state index in [1.54, 1.807) is 0 Å². The third kappa shape index (κ3) is 3.05. The first kappa shape index (κ1) is 16.2. The van der Waals surface area contributed by atoms with E-state index in [0.717, 1.165) is 59.1 Å². The standard InChI is InChI=1S/C21H19ClO3/c1-13-19(24-12-14-6-8-15(22)9-7-14)11-10-17-16-4-2-3-5-18(16)21(23)25-20(13)17/h6-11H,2-5,12H2,1H3. The Labute approximate surface area is 151 Å². The van der Waals surface area contributed by atoms with Gasteiger partial charge in [0.05, 0.1) is 0 Å². The van der Waals surface area contributed by atoms with Gasteiger partial charge >= 0.3 is 5.63 Å². The van der Waals surface area contributed by atoms with Gasteiger partial charge < -0.3 is 9.15 Å². The summed E-state index contributed by atoms with van der Waals surface area (Å²) in [5.74, 6) is 0.737. The summed E-state index contributed by atoms with van der Waals surface area (Å²) in [6, 6.07) is 11.6. The molecule has 1 heterocycles. The number of benzene rings is 2. The predicted molar refractivity (Wildman–Crippen MR) is 99.6 cm³/mol. The molecule has 0 saturated carbocycles. The van der Waals surface area contributed by atoms with Gasteiger partial charge in [-0.25, -0.2) is 4.79 Å². The predicted octanol–water partition coefficient (Wildman–Crippen LogP) is 5.21. The summed E-state index contributed by atoms with van der Waals surface area (Å²) in [5.41, 5.74) is 4.38. The summed E-state index contributed by atoms with van der Waals surface area (Å²) in [4.78, 5) is 12.3. The molecule has 4 heteroatoms. The van der Waals surface area contributed by atoms with Gasteiger partial charge in [-0.3, -0.25) is 0 Å². The fourth-order valence-electron chi connectivity index (χ4n) is 3.52. The molecule has 0 radical (unpaired) electrons. The first-order valence-electron chi connectivity index (χ1n) is 8.59. The molecule has 0 unspecified atom stereocenters. The molecule has 0 aliphatic heterocycles. The highest BCUT2D eigenvalue weighted by Gasteiger charge is 2.20. The van der Waals surface area contributed by atoms with Crippen LogP contribution in [0.4, 0.5) is 0 Å². The molecule has 0 fully saturated rings. The summed E-state index contributed by atoms with van der Waals surface area (Å²) < 4.78 is 11.6. The minimum atomic E-state index is -0.194. The first-order valence-corrected chi connectivity index (χ1v) is 8.96. The van der Waals surface area contributed by atoms with Crippen LogP contribution in [-0.4, -0.2) is 0 Å². The average molecular weight is 355 g/mol. The van der Waals surface area contributed by atoms with E-state index in [4.69, 9.17) is 20.8 Å². The molecule has 0 saturated heterocycles. The van der Waals surface area contributed by atoms with Crippen molar-refractivity contribution in [1.82, 2.24) is 0 Å². The van der Waals surface area contributed by atoms with Gasteiger partial charge in [-0.15, -0.1) is 0 Å². The number of halogens is 1. The van der Waals surface area contributed by atoms with E-state index in [0.29, 0.717) is 17.2 Å². The number of hydrogen-bond acceptors (Lipinski definition) is 3. The lowest BCUT2D eigenvalue weighted by molar-refractivity contribution is 0.304. The average Bonchev–Trinajstić information content (AvgIpc) is 2.63. The second-order valence-electron chi connectivity index (χ2n) is 6.53. The van der Waals surface area contributed by atoms with E-state index >= 15 is 0 Å². The normalized spacial score (nSPS) is 13.7. The van der Waals surface area contributed by atoms with Gasteiger partial charge in [0, 0.05) is 21.5 Å². The molecule has 3 nitrogen and oxygen atoms in total. The zero-order valence-corrected chi connectivity index (χ0v) is 14.9. The van der Waals surface area contributed by atoms with Crippen LogP contribution in [0.15, 0.2) is 45.6 Å². The van der Waals surface area contributed by atoms with Crippen LogP contribution in [-0.2, 0) is 19.4 Å². The minimum Gasteiger partial charge on any atom is -0.488 e. The van der Waals surface area contributed by atoms with Gasteiger partial charge in [0.1, 0.15) is 17.9 Å². The Morgan fingerprint density at radius 1 is 1.04 bits per heavy atom. The zero-order valence-electron chi connectivity index (χ0n) is 14.1. The highest BCUT2D eigenvalue weighted by Crippen LogP contribution is 2.32. The molecule has 25 heavy (non-hydrogen) atoms. The number of aryl methyl sites for hydroxylation is 2. The fraction of sp³-hybridized carbons (Fsp3) is 0.286. The van der Waals surface area contributed by atoms with Gasteiger partial charge in [0.2, 0.25) is 0 Å². The van der Waals surface area contributed by atoms with Crippen molar-refractivity contribution in [1.29, 1.82) is 0 Å². The zero-order chi connectivity index (χ0) is 17.4. The Kier molecular flexibility index (Phi) is 4.26. The monoisotopic (exact) mass is 354 g/mol. The Bertz CT molecular complexity index is 987. The molecule has 1 aliphatic rings. The van der Waals surface area contributed by atoms with E-state index in [1.165, 1.54) is 0 Å². The van der Waals surface area contributed by atoms with Crippen molar-refractivity contribution in [2.75, 3.05) is 0 Å². The molecular formula is C21H19ClO3. The van der Waals surface area contributed by atoms with Crippen LogP contribution in [0, 0.1) is 6.92 Å². The Balaban J connectivity index is 1.70. The number of rotatable bonds is 3. The maximum Gasteiger partial charge on any atom is 0.339 e. The van der Waals surface area contributed by atoms with Crippen LogP contribution in [0.5, 0.6) is 5.75 Å². The lowest BCUT2D eigenvalue weighted by atomic mass is 9.90. The lowest BCUT2D eigenvalue weighted by Gasteiger charge is -2.18. The van der Waals surface area contributed by atoms with Crippen molar-refractivity contribution in [3.05, 3.63) is 74.1 Å². The van der Waals surface area contributed by atoms with Crippen molar-refractivity contribution in [2.45, 2.75) is 39.2 Å². The van der Waals surface area contributed by atoms with Crippen molar-refractivity contribution in [3.8, 4) is 5.75 Å². The lowest BCUT2D eigenvalue weighted by Crippen LogP contribution is -2.16. The molecule has 2 aromatic carbocycles. The molecule has 0 atom stereocenters. The number of ether oxygens (including phenoxy) is 1.